The van der Waals surface area contributed by atoms with E-state index < -0.39 is 0 Å². The summed E-state index contributed by atoms with van der Waals surface area (Å²) in [5.41, 5.74) is 3.53. The molecule has 0 N–H and O–H groups in total. The normalized spacial score (nSPS) is 11.4. The van der Waals surface area contributed by atoms with E-state index in [0.29, 0.717) is 5.92 Å². The molecular weight excluding hydrogens is 162 g/mol. The van der Waals surface area contributed by atoms with Gasteiger partial charge < -0.3 is 4.52 Å². The highest BCUT2D eigenvalue weighted by molar-refractivity contribution is 5.77. The van der Waals surface area contributed by atoms with Gasteiger partial charge in [-0.25, -0.2) is 0 Å². The van der Waals surface area contributed by atoms with Gasteiger partial charge in [0, 0.05) is 5.39 Å². The zero-order chi connectivity index (χ0) is 9.42. The number of fused-ring (bicyclic) bond motifs is 1. The molecule has 0 atom stereocenters. The van der Waals surface area contributed by atoms with Crippen LogP contribution in [0.3, 0.4) is 0 Å². The second kappa shape index (κ2) is 2.87. The molecule has 0 unspecified atom stereocenters. The van der Waals surface area contributed by atoms with E-state index in [1.165, 1.54) is 11.1 Å². The molecule has 2 nitrogen and oxygen atoms in total. The maximum absolute atomic E-state index is 5.11. The zero-order valence-electron chi connectivity index (χ0n) is 8.16. The SMILES string of the molecule is Cc1cc2cnoc2cc1C(C)C. The highest BCUT2D eigenvalue weighted by Crippen LogP contribution is 2.24. The Morgan fingerprint density at radius 3 is 2.77 bits per heavy atom. The van der Waals surface area contributed by atoms with Crippen LogP contribution in [0.5, 0.6) is 0 Å². The number of hydrogen-bond acceptors (Lipinski definition) is 2. The molecule has 2 heteroatoms. The molecule has 2 rings (SSSR count). The van der Waals surface area contributed by atoms with Crippen LogP contribution in [0.25, 0.3) is 11.0 Å². The highest BCUT2D eigenvalue weighted by Gasteiger charge is 2.07. The summed E-state index contributed by atoms with van der Waals surface area (Å²) in [4.78, 5) is 0. The van der Waals surface area contributed by atoms with E-state index in [1.807, 2.05) is 0 Å². The summed E-state index contributed by atoms with van der Waals surface area (Å²) in [6.07, 6.45) is 1.76. The van der Waals surface area contributed by atoms with E-state index in [1.54, 1.807) is 6.20 Å². The molecule has 1 heterocycles. The predicted molar refractivity (Wildman–Crippen MR) is 52.8 cm³/mol. The summed E-state index contributed by atoms with van der Waals surface area (Å²) in [5, 5.41) is 4.85. The summed E-state index contributed by atoms with van der Waals surface area (Å²) in [5.74, 6) is 0.537. The monoisotopic (exact) mass is 175 g/mol. The summed E-state index contributed by atoms with van der Waals surface area (Å²) in [6.45, 7) is 6.50. The largest absolute Gasteiger partial charge is 0.356 e. The Bertz CT molecular complexity index is 429. The molecule has 0 radical (unpaired) electrons. The summed E-state index contributed by atoms with van der Waals surface area (Å²) >= 11 is 0. The fourth-order valence-electron chi connectivity index (χ4n) is 1.67. The van der Waals surface area contributed by atoms with Crippen molar-refractivity contribution in [2.45, 2.75) is 26.7 Å². The van der Waals surface area contributed by atoms with E-state index >= 15 is 0 Å². The first kappa shape index (κ1) is 8.30. The van der Waals surface area contributed by atoms with Gasteiger partial charge in [-0.2, -0.15) is 0 Å². The molecule has 0 aliphatic carbocycles. The first-order valence-corrected chi connectivity index (χ1v) is 4.53. The van der Waals surface area contributed by atoms with E-state index in [0.717, 1.165) is 11.0 Å². The molecule has 1 aromatic carbocycles. The first-order valence-electron chi connectivity index (χ1n) is 4.53. The minimum absolute atomic E-state index is 0.537. The molecule has 0 spiro atoms. The van der Waals surface area contributed by atoms with Crippen molar-refractivity contribution in [3.8, 4) is 0 Å². The van der Waals surface area contributed by atoms with Crippen LogP contribution in [0.2, 0.25) is 0 Å². The van der Waals surface area contributed by atoms with Crippen molar-refractivity contribution in [1.82, 2.24) is 5.16 Å². The Balaban J connectivity index is 2.69. The van der Waals surface area contributed by atoms with Crippen molar-refractivity contribution < 1.29 is 4.52 Å². The third-order valence-corrected chi connectivity index (χ3v) is 2.36. The quantitative estimate of drug-likeness (QED) is 0.664. The van der Waals surface area contributed by atoms with Gasteiger partial charge in [-0.15, -0.1) is 0 Å². The maximum Gasteiger partial charge on any atom is 0.167 e. The van der Waals surface area contributed by atoms with Crippen LogP contribution >= 0.6 is 0 Å². The van der Waals surface area contributed by atoms with Gasteiger partial charge in [-0.1, -0.05) is 19.0 Å². The fourth-order valence-corrected chi connectivity index (χ4v) is 1.67. The molecule has 68 valence electrons. The van der Waals surface area contributed by atoms with Gasteiger partial charge in [0.2, 0.25) is 0 Å². The molecule has 0 bridgehead atoms. The minimum atomic E-state index is 0.537. The summed E-state index contributed by atoms with van der Waals surface area (Å²) in [6, 6.07) is 4.21. The van der Waals surface area contributed by atoms with Crippen LogP contribution in [0, 0.1) is 6.92 Å². The van der Waals surface area contributed by atoms with Crippen LogP contribution in [0.15, 0.2) is 22.9 Å². The Morgan fingerprint density at radius 2 is 2.08 bits per heavy atom. The number of benzene rings is 1. The zero-order valence-corrected chi connectivity index (χ0v) is 8.16. The molecule has 1 aromatic heterocycles. The van der Waals surface area contributed by atoms with Crippen LogP contribution in [-0.4, -0.2) is 5.16 Å². The van der Waals surface area contributed by atoms with Gasteiger partial charge in [0.25, 0.3) is 0 Å². The standard InChI is InChI=1S/C11H13NO/c1-7(2)10-5-11-9(4-8(10)3)6-12-13-11/h4-7H,1-3H3. The van der Waals surface area contributed by atoms with Gasteiger partial charge in [-0.3, -0.25) is 0 Å². The molecule has 0 saturated heterocycles. The average Bonchev–Trinajstić information content (AvgIpc) is 2.48. The van der Waals surface area contributed by atoms with E-state index in [2.05, 4.69) is 38.1 Å². The average molecular weight is 175 g/mol. The van der Waals surface area contributed by atoms with Crippen LogP contribution in [0.1, 0.15) is 30.9 Å². The smallest absolute Gasteiger partial charge is 0.167 e. The number of aromatic nitrogens is 1. The fraction of sp³-hybridized carbons (Fsp3) is 0.364. The van der Waals surface area contributed by atoms with Crippen molar-refractivity contribution in [2.24, 2.45) is 0 Å². The van der Waals surface area contributed by atoms with Crippen molar-refractivity contribution in [3.05, 3.63) is 29.5 Å². The first-order chi connectivity index (χ1) is 6.18. The molecule has 0 amide bonds. The minimum Gasteiger partial charge on any atom is -0.356 e. The lowest BCUT2D eigenvalue weighted by atomic mass is 9.97. The van der Waals surface area contributed by atoms with Gasteiger partial charge in [0.1, 0.15) is 0 Å². The lowest BCUT2D eigenvalue weighted by Gasteiger charge is -2.08. The van der Waals surface area contributed by atoms with Crippen LogP contribution in [0.4, 0.5) is 0 Å². The predicted octanol–water partition coefficient (Wildman–Crippen LogP) is 3.26. The number of hydrogen-bond donors (Lipinski definition) is 0. The Hall–Kier alpha value is -1.31. The molecular formula is C11H13NO. The van der Waals surface area contributed by atoms with Crippen molar-refractivity contribution in [2.75, 3.05) is 0 Å². The van der Waals surface area contributed by atoms with E-state index in [-0.39, 0.29) is 0 Å². The second-order valence-electron chi connectivity index (χ2n) is 3.73. The lowest BCUT2D eigenvalue weighted by Crippen LogP contribution is -1.90. The van der Waals surface area contributed by atoms with Crippen LogP contribution in [-0.2, 0) is 0 Å². The van der Waals surface area contributed by atoms with Gasteiger partial charge in [0.05, 0.1) is 6.20 Å². The topological polar surface area (TPSA) is 26.0 Å². The second-order valence-corrected chi connectivity index (χ2v) is 3.73. The summed E-state index contributed by atoms with van der Waals surface area (Å²) < 4.78 is 5.11. The molecule has 13 heavy (non-hydrogen) atoms. The van der Waals surface area contributed by atoms with Crippen molar-refractivity contribution in [3.63, 3.8) is 0 Å². The summed E-state index contributed by atoms with van der Waals surface area (Å²) in [7, 11) is 0. The molecule has 0 aliphatic heterocycles. The van der Waals surface area contributed by atoms with Gasteiger partial charge in [0.15, 0.2) is 5.58 Å². The van der Waals surface area contributed by atoms with Crippen LogP contribution < -0.4 is 0 Å². The molecule has 0 saturated carbocycles. The number of aryl methyl sites for hydroxylation is 1. The van der Waals surface area contributed by atoms with E-state index in [4.69, 9.17) is 4.52 Å². The lowest BCUT2D eigenvalue weighted by molar-refractivity contribution is 0.456. The highest BCUT2D eigenvalue weighted by atomic mass is 16.5. The van der Waals surface area contributed by atoms with Crippen molar-refractivity contribution in [1.29, 1.82) is 0 Å². The Labute approximate surface area is 77.5 Å². The Morgan fingerprint density at radius 1 is 1.31 bits per heavy atom. The van der Waals surface area contributed by atoms with E-state index in [9.17, 15) is 0 Å². The number of rotatable bonds is 1. The molecule has 0 aliphatic rings. The Kier molecular flexibility index (Phi) is 1.83. The van der Waals surface area contributed by atoms with Gasteiger partial charge >= 0.3 is 0 Å². The van der Waals surface area contributed by atoms with Gasteiger partial charge in [-0.05, 0) is 36.1 Å². The maximum atomic E-state index is 5.11. The third-order valence-electron chi connectivity index (χ3n) is 2.36. The number of nitrogens with zero attached hydrogens (tertiary/aromatic N) is 1. The van der Waals surface area contributed by atoms with Crippen molar-refractivity contribution >= 4 is 11.0 Å². The third kappa shape index (κ3) is 1.32. The molecule has 0 fully saturated rings. The molecule has 2 aromatic rings.